The van der Waals surface area contributed by atoms with Gasteiger partial charge in [0.1, 0.15) is 5.82 Å². The van der Waals surface area contributed by atoms with Crippen molar-refractivity contribution in [2.24, 2.45) is 0 Å². The number of rotatable bonds is 5. The molecule has 29 heavy (non-hydrogen) atoms. The summed E-state index contributed by atoms with van der Waals surface area (Å²) in [6.07, 6.45) is 3.26. The number of likely N-dealkylation sites (tertiary alicyclic amines) is 1. The molecule has 0 radical (unpaired) electrons. The Kier molecular flexibility index (Phi) is 4.94. The number of carbonyl (C=O) groups is 1. The van der Waals surface area contributed by atoms with Gasteiger partial charge in [0.15, 0.2) is 5.78 Å². The molecule has 2 atom stereocenters. The lowest BCUT2D eigenvalue weighted by atomic mass is 10.00. The molecule has 3 heterocycles. The fourth-order valence-electron chi connectivity index (χ4n) is 4.98. The highest BCUT2D eigenvalue weighted by Crippen LogP contribution is 2.26. The monoisotopic (exact) mass is 388 g/mol. The molecule has 0 saturated carbocycles. The van der Waals surface area contributed by atoms with Gasteiger partial charge in [0, 0.05) is 24.7 Å². The van der Waals surface area contributed by atoms with Gasteiger partial charge in [0.2, 0.25) is 0 Å². The van der Waals surface area contributed by atoms with E-state index in [0.717, 1.165) is 67.9 Å². The predicted molar refractivity (Wildman–Crippen MR) is 115 cm³/mol. The summed E-state index contributed by atoms with van der Waals surface area (Å²) in [6.45, 7) is 5.95. The van der Waals surface area contributed by atoms with E-state index in [1.165, 1.54) is 5.56 Å². The highest BCUT2D eigenvalue weighted by Gasteiger charge is 2.36. The van der Waals surface area contributed by atoms with Crippen molar-refractivity contribution >= 4 is 16.8 Å². The van der Waals surface area contributed by atoms with E-state index in [1.807, 2.05) is 31.2 Å². The van der Waals surface area contributed by atoms with Crippen LogP contribution in [0.15, 0.2) is 48.5 Å². The topological polar surface area (TPSA) is 50.2 Å². The van der Waals surface area contributed by atoms with Crippen molar-refractivity contribution in [3.8, 4) is 0 Å². The average molecular weight is 389 g/mol. The van der Waals surface area contributed by atoms with Gasteiger partial charge >= 0.3 is 0 Å². The standard InChI is InChI=1S/C24H28N4O/c1-17-26-21-5-2-3-6-22(21)28(17)16-18-8-10-19(11-9-18)24(29)23-7-4-14-27(23)20-12-13-25-15-20/h2-3,5-6,8-11,20,23,25H,4,7,12-16H2,1H3. The molecule has 5 rings (SSSR count). The maximum atomic E-state index is 13.2. The number of aromatic nitrogens is 2. The number of ketones is 1. The summed E-state index contributed by atoms with van der Waals surface area (Å²) < 4.78 is 2.23. The Labute approximate surface area is 171 Å². The quantitative estimate of drug-likeness (QED) is 0.681. The van der Waals surface area contributed by atoms with Gasteiger partial charge in [-0.25, -0.2) is 4.98 Å². The second-order valence-electron chi connectivity index (χ2n) is 8.34. The van der Waals surface area contributed by atoms with Gasteiger partial charge in [-0.05, 0) is 57.0 Å². The lowest BCUT2D eigenvalue weighted by molar-refractivity contribution is 0.0826. The normalized spacial score (nSPS) is 22.5. The molecule has 1 aromatic heterocycles. The fourth-order valence-corrected chi connectivity index (χ4v) is 4.98. The van der Waals surface area contributed by atoms with Crippen molar-refractivity contribution in [2.75, 3.05) is 19.6 Å². The Balaban J connectivity index is 1.33. The third kappa shape index (κ3) is 3.49. The van der Waals surface area contributed by atoms with Gasteiger partial charge in [0.25, 0.3) is 0 Å². The molecule has 150 valence electrons. The van der Waals surface area contributed by atoms with E-state index in [2.05, 4.69) is 44.0 Å². The molecule has 0 aliphatic carbocycles. The van der Waals surface area contributed by atoms with Crippen LogP contribution in [0, 0.1) is 6.92 Å². The summed E-state index contributed by atoms with van der Waals surface area (Å²) in [5.41, 5.74) is 4.20. The number of Topliss-reactive ketones (excluding diaryl/α,β-unsaturated/α-hetero) is 1. The Hall–Kier alpha value is -2.50. The molecule has 0 spiro atoms. The van der Waals surface area contributed by atoms with Gasteiger partial charge in [-0.1, -0.05) is 36.4 Å². The van der Waals surface area contributed by atoms with Gasteiger partial charge < -0.3 is 9.88 Å². The minimum absolute atomic E-state index is 0.0468. The first-order valence-electron chi connectivity index (χ1n) is 10.7. The smallest absolute Gasteiger partial charge is 0.179 e. The molecule has 5 heteroatoms. The van der Waals surface area contributed by atoms with E-state index >= 15 is 0 Å². The summed E-state index contributed by atoms with van der Waals surface area (Å²) in [5, 5.41) is 3.43. The van der Waals surface area contributed by atoms with Crippen molar-refractivity contribution in [3.05, 3.63) is 65.5 Å². The van der Waals surface area contributed by atoms with Crippen molar-refractivity contribution in [2.45, 2.75) is 44.8 Å². The van der Waals surface area contributed by atoms with Crippen LogP contribution in [0.4, 0.5) is 0 Å². The van der Waals surface area contributed by atoms with Crippen LogP contribution in [0.2, 0.25) is 0 Å². The Morgan fingerprint density at radius 3 is 2.76 bits per heavy atom. The summed E-state index contributed by atoms with van der Waals surface area (Å²) in [6, 6.07) is 17.0. The van der Waals surface area contributed by atoms with Gasteiger partial charge in [-0.2, -0.15) is 0 Å². The molecule has 5 nitrogen and oxygen atoms in total. The number of para-hydroxylation sites is 2. The number of nitrogens with zero attached hydrogens (tertiary/aromatic N) is 3. The summed E-state index contributed by atoms with van der Waals surface area (Å²) >= 11 is 0. The Morgan fingerprint density at radius 1 is 1.14 bits per heavy atom. The SMILES string of the molecule is Cc1nc2ccccc2n1Cc1ccc(C(=O)C2CCCN2C2CCNC2)cc1. The number of nitrogens with one attached hydrogen (secondary N) is 1. The third-order valence-electron chi connectivity index (χ3n) is 6.52. The lowest BCUT2D eigenvalue weighted by Gasteiger charge is -2.29. The predicted octanol–water partition coefficient (Wildman–Crippen LogP) is 3.40. The number of hydrogen-bond acceptors (Lipinski definition) is 4. The van der Waals surface area contributed by atoms with Crippen molar-refractivity contribution in [3.63, 3.8) is 0 Å². The zero-order chi connectivity index (χ0) is 19.8. The molecule has 2 aliphatic rings. The highest BCUT2D eigenvalue weighted by molar-refractivity contribution is 6.00. The number of aryl methyl sites for hydroxylation is 1. The van der Waals surface area contributed by atoms with Crippen molar-refractivity contribution in [1.82, 2.24) is 19.8 Å². The zero-order valence-electron chi connectivity index (χ0n) is 17.0. The van der Waals surface area contributed by atoms with Crippen LogP contribution in [0.1, 0.15) is 41.0 Å². The van der Waals surface area contributed by atoms with Crippen LogP contribution in [0.25, 0.3) is 11.0 Å². The maximum Gasteiger partial charge on any atom is 0.179 e. The van der Waals surface area contributed by atoms with E-state index < -0.39 is 0 Å². The number of carbonyl (C=O) groups excluding carboxylic acids is 1. The van der Waals surface area contributed by atoms with Crippen LogP contribution in [-0.2, 0) is 6.54 Å². The number of fused-ring (bicyclic) bond motifs is 1. The van der Waals surface area contributed by atoms with E-state index in [9.17, 15) is 4.79 Å². The first kappa shape index (κ1) is 18.5. The number of benzene rings is 2. The molecule has 3 aromatic rings. The molecule has 2 unspecified atom stereocenters. The molecule has 0 amide bonds. The summed E-state index contributed by atoms with van der Waals surface area (Å²) in [5.74, 6) is 1.29. The highest BCUT2D eigenvalue weighted by atomic mass is 16.1. The van der Waals surface area contributed by atoms with Gasteiger partial charge in [-0.3, -0.25) is 9.69 Å². The largest absolute Gasteiger partial charge is 0.324 e. The summed E-state index contributed by atoms with van der Waals surface area (Å²) in [7, 11) is 0. The molecule has 2 saturated heterocycles. The molecule has 2 aromatic carbocycles. The van der Waals surface area contributed by atoms with Gasteiger partial charge in [0.05, 0.1) is 17.1 Å². The number of imidazole rings is 1. The molecular formula is C24H28N4O. The second kappa shape index (κ2) is 7.73. The molecule has 1 N–H and O–H groups in total. The minimum atomic E-state index is 0.0468. The molecule has 2 aliphatic heterocycles. The maximum absolute atomic E-state index is 13.2. The van der Waals surface area contributed by atoms with E-state index in [1.54, 1.807) is 0 Å². The van der Waals surface area contributed by atoms with Gasteiger partial charge in [-0.15, -0.1) is 0 Å². The molecule has 2 fully saturated rings. The average Bonchev–Trinajstić information content (AvgIpc) is 3.48. The second-order valence-corrected chi connectivity index (χ2v) is 8.34. The first-order chi connectivity index (χ1) is 14.2. The number of hydrogen-bond donors (Lipinski definition) is 1. The minimum Gasteiger partial charge on any atom is -0.324 e. The van der Waals surface area contributed by atoms with E-state index in [4.69, 9.17) is 0 Å². The van der Waals surface area contributed by atoms with E-state index in [0.29, 0.717) is 6.04 Å². The van der Waals surface area contributed by atoms with Crippen LogP contribution in [0.3, 0.4) is 0 Å². The Morgan fingerprint density at radius 2 is 1.97 bits per heavy atom. The third-order valence-corrected chi connectivity index (χ3v) is 6.52. The van der Waals surface area contributed by atoms with Crippen molar-refractivity contribution < 1.29 is 4.79 Å². The fraction of sp³-hybridized carbons (Fsp3) is 0.417. The zero-order valence-corrected chi connectivity index (χ0v) is 17.0. The summed E-state index contributed by atoms with van der Waals surface area (Å²) in [4.78, 5) is 20.3. The van der Waals surface area contributed by atoms with E-state index in [-0.39, 0.29) is 11.8 Å². The van der Waals surface area contributed by atoms with Crippen molar-refractivity contribution in [1.29, 1.82) is 0 Å². The Bertz CT molecular complexity index is 1020. The molecular weight excluding hydrogens is 360 g/mol. The van der Waals surface area contributed by atoms with Crippen LogP contribution in [-0.4, -0.2) is 52.0 Å². The van der Waals surface area contributed by atoms with Crippen LogP contribution >= 0.6 is 0 Å². The lowest BCUT2D eigenvalue weighted by Crippen LogP contribution is -2.44. The first-order valence-corrected chi connectivity index (χ1v) is 10.7. The van der Waals surface area contributed by atoms with Crippen LogP contribution in [0.5, 0.6) is 0 Å². The molecule has 0 bridgehead atoms. The van der Waals surface area contributed by atoms with Crippen LogP contribution < -0.4 is 5.32 Å².